The maximum atomic E-state index is 13.6. The Balaban J connectivity index is 1.40. The second-order valence-electron chi connectivity index (χ2n) is 11.7. The van der Waals surface area contributed by atoms with Crippen LogP contribution in [0, 0.1) is 5.92 Å². The van der Waals surface area contributed by atoms with Crippen molar-refractivity contribution in [3.05, 3.63) is 54.0 Å². The Labute approximate surface area is 234 Å². The minimum absolute atomic E-state index is 0.0432. The van der Waals surface area contributed by atoms with Crippen LogP contribution in [-0.2, 0) is 27.2 Å². The van der Waals surface area contributed by atoms with Gasteiger partial charge in [-0.1, -0.05) is 43.9 Å². The third-order valence-corrected chi connectivity index (χ3v) is 9.07. The van der Waals surface area contributed by atoms with Gasteiger partial charge >= 0.3 is 12.1 Å². The van der Waals surface area contributed by atoms with E-state index >= 15 is 0 Å². The molecule has 0 unspecified atom stereocenters. The van der Waals surface area contributed by atoms with Crippen LogP contribution >= 0.6 is 0 Å². The van der Waals surface area contributed by atoms with Crippen LogP contribution in [0.4, 0.5) is 13.2 Å². The van der Waals surface area contributed by atoms with E-state index in [1.54, 1.807) is 12.1 Å². The monoisotopic (exact) mass is 574 g/mol. The van der Waals surface area contributed by atoms with Gasteiger partial charge in [0.05, 0.1) is 12.8 Å². The normalized spacial score (nSPS) is 18.1. The molecule has 3 aromatic rings. The summed E-state index contributed by atoms with van der Waals surface area (Å²) in [6.07, 6.45) is 1.43. The largest absolute Gasteiger partial charge is 0.469 e. The fourth-order valence-corrected chi connectivity index (χ4v) is 5.69. The van der Waals surface area contributed by atoms with E-state index in [9.17, 15) is 18.0 Å². The SMILES string of the molecule is COC(=O)CC1CCC(c2ccc(-c3ccc(-c4nc(C(F)(F)F)n(COCC[Si](C)(C)C)n4)cn3)cc2)CC1. The van der Waals surface area contributed by atoms with E-state index in [2.05, 4.69) is 46.8 Å². The number of aromatic nitrogens is 4. The molecule has 0 saturated heterocycles. The predicted molar refractivity (Wildman–Crippen MR) is 149 cm³/mol. The fourth-order valence-electron chi connectivity index (χ4n) is 4.94. The quantitative estimate of drug-likeness (QED) is 0.145. The average Bonchev–Trinajstić information content (AvgIpc) is 3.36. The number of methoxy groups -OCH3 is 1. The van der Waals surface area contributed by atoms with E-state index in [1.807, 2.05) is 12.1 Å². The molecule has 1 fully saturated rings. The summed E-state index contributed by atoms with van der Waals surface area (Å²) in [7, 11) is 0.0671. The van der Waals surface area contributed by atoms with Crippen molar-refractivity contribution in [2.75, 3.05) is 13.7 Å². The Morgan fingerprint density at radius 1 is 1.02 bits per heavy atom. The molecule has 216 valence electrons. The van der Waals surface area contributed by atoms with Gasteiger partial charge < -0.3 is 9.47 Å². The highest BCUT2D eigenvalue weighted by Crippen LogP contribution is 2.38. The number of benzene rings is 1. The van der Waals surface area contributed by atoms with Crippen molar-refractivity contribution in [3.8, 4) is 22.6 Å². The first kappa shape index (κ1) is 29.9. The molecule has 0 spiro atoms. The van der Waals surface area contributed by atoms with Crippen LogP contribution in [0.1, 0.15) is 49.4 Å². The van der Waals surface area contributed by atoms with Gasteiger partial charge in [-0.3, -0.25) is 9.78 Å². The summed E-state index contributed by atoms with van der Waals surface area (Å²) in [6, 6.07) is 12.6. The Bertz CT molecular complexity index is 1260. The minimum atomic E-state index is -4.65. The maximum absolute atomic E-state index is 13.6. The molecule has 1 aliphatic rings. The van der Waals surface area contributed by atoms with Gasteiger partial charge in [0, 0.05) is 38.4 Å². The molecule has 0 radical (unpaired) electrons. The highest BCUT2D eigenvalue weighted by molar-refractivity contribution is 6.76. The van der Waals surface area contributed by atoms with Gasteiger partial charge in [-0.25, -0.2) is 9.67 Å². The number of pyridine rings is 1. The first-order chi connectivity index (χ1) is 18.9. The van der Waals surface area contributed by atoms with Crippen molar-refractivity contribution >= 4 is 14.0 Å². The Morgan fingerprint density at radius 2 is 1.70 bits per heavy atom. The lowest BCUT2D eigenvalue weighted by molar-refractivity contribution is -0.150. The topological polar surface area (TPSA) is 79.1 Å². The summed E-state index contributed by atoms with van der Waals surface area (Å²) in [6.45, 7) is 6.61. The van der Waals surface area contributed by atoms with Crippen LogP contribution in [0.2, 0.25) is 25.7 Å². The summed E-state index contributed by atoms with van der Waals surface area (Å²) in [5.41, 5.74) is 3.29. The second kappa shape index (κ2) is 12.6. The van der Waals surface area contributed by atoms with Crippen LogP contribution in [0.3, 0.4) is 0 Å². The number of esters is 1. The first-order valence-electron chi connectivity index (χ1n) is 13.7. The van der Waals surface area contributed by atoms with Crippen molar-refractivity contribution in [2.24, 2.45) is 5.92 Å². The number of rotatable bonds is 10. The third kappa shape index (κ3) is 8.00. The molecular weight excluding hydrogens is 537 g/mol. The molecule has 0 aliphatic heterocycles. The first-order valence-corrected chi connectivity index (χ1v) is 17.4. The summed E-state index contributed by atoms with van der Waals surface area (Å²) >= 11 is 0. The molecule has 40 heavy (non-hydrogen) atoms. The van der Waals surface area contributed by atoms with E-state index in [1.165, 1.54) is 18.9 Å². The molecule has 0 atom stereocenters. The van der Waals surface area contributed by atoms with Gasteiger partial charge in [0.2, 0.25) is 5.82 Å². The van der Waals surface area contributed by atoms with Crippen molar-refractivity contribution < 1.29 is 27.4 Å². The summed E-state index contributed by atoms with van der Waals surface area (Å²) < 4.78 is 51.9. The van der Waals surface area contributed by atoms with Gasteiger partial charge in [-0.2, -0.15) is 13.2 Å². The zero-order chi connectivity index (χ0) is 28.9. The third-order valence-electron chi connectivity index (χ3n) is 7.36. The molecule has 1 saturated carbocycles. The molecular formula is C29H37F3N4O3Si. The Kier molecular flexibility index (Phi) is 9.45. The number of hydrogen-bond donors (Lipinski definition) is 0. The zero-order valence-electron chi connectivity index (χ0n) is 23.5. The van der Waals surface area contributed by atoms with E-state index in [0.717, 1.165) is 42.0 Å². The number of nitrogens with zero attached hydrogens (tertiary/aromatic N) is 4. The molecule has 0 amide bonds. The molecule has 2 aromatic heterocycles. The van der Waals surface area contributed by atoms with Crippen molar-refractivity contribution in [2.45, 2.75) is 76.6 Å². The maximum Gasteiger partial charge on any atom is 0.451 e. The van der Waals surface area contributed by atoms with Gasteiger partial charge in [-0.15, -0.1) is 5.10 Å². The number of hydrogen-bond acceptors (Lipinski definition) is 6. The fraction of sp³-hybridized carbons (Fsp3) is 0.517. The van der Waals surface area contributed by atoms with Gasteiger partial charge in [0.25, 0.3) is 0 Å². The lowest BCUT2D eigenvalue weighted by Gasteiger charge is -2.28. The number of halogens is 3. The van der Waals surface area contributed by atoms with Crippen molar-refractivity contribution in [3.63, 3.8) is 0 Å². The van der Waals surface area contributed by atoms with Gasteiger partial charge in [0.1, 0.15) is 6.73 Å². The van der Waals surface area contributed by atoms with E-state index in [0.29, 0.717) is 36.1 Å². The summed E-state index contributed by atoms with van der Waals surface area (Å²) in [4.78, 5) is 19.8. The zero-order valence-corrected chi connectivity index (χ0v) is 24.5. The van der Waals surface area contributed by atoms with Crippen LogP contribution in [0.5, 0.6) is 0 Å². The molecule has 2 heterocycles. The molecule has 7 nitrogen and oxygen atoms in total. The lowest BCUT2D eigenvalue weighted by Crippen LogP contribution is -2.23. The highest BCUT2D eigenvalue weighted by Gasteiger charge is 2.38. The van der Waals surface area contributed by atoms with Crippen molar-refractivity contribution in [1.82, 2.24) is 19.7 Å². The Morgan fingerprint density at radius 3 is 2.27 bits per heavy atom. The number of carbonyl (C=O) groups excluding carboxylic acids is 1. The molecule has 0 N–H and O–H groups in total. The molecule has 11 heteroatoms. The van der Waals surface area contributed by atoms with E-state index < -0.39 is 20.1 Å². The van der Waals surface area contributed by atoms with Crippen LogP contribution in [-0.4, -0.2) is 47.5 Å². The number of alkyl halides is 3. The van der Waals surface area contributed by atoms with E-state index in [-0.39, 0.29) is 18.5 Å². The smallest absolute Gasteiger partial charge is 0.451 e. The van der Waals surface area contributed by atoms with Crippen LogP contribution in [0.15, 0.2) is 42.6 Å². The second-order valence-corrected chi connectivity index (χ2v) is 17.3. The number of ether oxygens (including phenoxy) is 2. The highest BCUT2D eigenvalue weighted by atomic mass is 28.3. The molecule has 1 aliphatic carbocycles. The van der Waals surface area contributed by atoms with Crippen molar-refractivity contribution in [1.29, 1.82) is 0 Å². The minimum Gasteiger partial charge on any atom is -0.469 e. The Hall–Kier alpha value is -3.05. The van der Waals surface area contributed by atoms with E-state index in [4.69, 9.17) is 9.47 Å². The van der Waals surface area contributed by atoms with Crippen LogP contribution < -0.4 is 0 Å². The standard InChI is InChI=1S/C29H37F3N4O3Si/c1-38-26(37)17-20-5-7-21(8-6-20)22-9-11-23(12-10-22)25-14-13-24(18-33-25)27-34-28(29(30,31)32)36(35-27)19-39-15-16-40(2,3)4/h9-14,18,20-21H,5-8,15-17,19H2,1-4H3. The molecule has 1 aromatic carbocycles. The van der Waals surface area contributed by atoms with Gasteiger partial charge in [0.15, 0.2) is 5.82 Å². The summed E-state index contributed by atoms with van der Waals surface area (Å²) in [5, 5.41) is 4.08. The summed E-state index contributed by atoms with van der Waals surface area (Å²) in [5.74, 6) is -0.422. The lowest BCUT2D eigenvalue weighted by atomic mass is 9.77. The number of carbonyl (C=O) groups is 1. The average molecular weight is 575 g/mol. The van der Waals surface area contributed by atoms with Gasteiger partial charge in [-0.05, 0) is 61.3 Å². The molecule has 0 bridgehead atoms. The van der Waals surface area contributed by atoms with Crippen LogP contribution in [0.25, 0.3) is 22.6 Å². The predicted octanol–water partition coefficient (Wildman–Crippen LogP) is 7.18. The molecule has 4 rings (SSSR count).